The molecule has 4 heteroatoms. The van der Waals surface area contributed by atoms with Gasteiger partial charge in [0.2, 0.25) is 0 Å². The van der Waals surface area contributed by atoms with Crippen molar-refractivity contribution in [3.8, 4) is 0 Å². The Morgan fingerprint density at radius 2 is 1.72 bits per heavy atom. The molecule has 2 aromatic carbocycles. The number of nitrogens with zero attached hydrogens (tertiary/aromatic N) is 1. The summed E-state index contributed by atoms with van der Waals surface area (Å²) in [5, 5.41) is 3.04. The first-order valence-electron chi connectivity index (χ1n) is 9.03. The maximum atomic E-state index is 12.7. The fraction of sp³-hybridized carbons (Fsp3) is 0.381. The van der Waals surface area contributed by atoms with E-state index in [0.29, 0.717) is 19.6 Å². The second-order valence-corrected chi connectivity index (χ2v) is 6.46. The fourth-order valence-corrected chi connectivity index (χ4v) is 3.08. The summed E-state index contributed by atoms with van der Waals surface area (Å²) in [6.07, 6.45) is 3.13. The number of nitrogens with one attached hydrogen (secondary N) is 1. The molecule has 1 aliphatic rings. The highest BCUT2D eigenvalue weighted by Gasteiger charge is 2.19. The summed E-state index contributed by atoms with van der Waals surface area (Å²) >= 11 is 0. The Morgan fingerprint density at radius 1 is 1.04 bits per heavy atom. The Morgan fingerprint density at radius 3 is 2.36 bits per heavy atom. The molecule has 1 saturated heterocycles. The molecule has 3 rings (SSSR count). The van der Waals surface area contributed by atoms with Gasteiger partial charge in [-0.25, -0.2) is 4.79 Å². The number of ether oxygens (including phenoxy) is 1. The zero-order chi connectivity index (χ0) is 17.3. The maximum absolute atomic E-state index is 12.7. The molecule has 4 nitrogen and oxygen atoms in total. The van der Waals surface area contributed by atoms with Crippen LogP contribution in [0.1, 0.15) is 24.0 Å². The molecule has 1 N–H and O–H groups in total. The van der Waals surface area contributed by atoms with E-state index in [4.69, 9.17) is 4.74 Å². The van der Waals surface area contributed by atoms with Crippen LogP contribution in [0.25, 0.3) is 0 Å². The molecule has 2 amide bonds. The van der Waals surface area contributed by atoms with Gasteiger partial charge in [-0.1, -0.05) is 60.7 Å². The van der Waals surface area contributed by atoms with E-state index in [2.05, 4.69) is 29.6 Å². The second-order valence-electron chi connectivity index (χ2n) is 6.46. The van der Waals surface area contributed by atoms with E-state index in [1.54, 1.807) is 0 Å². The van der Waals surface area contributed by atoms with Gasteiger partial charge in [-0.2, -0.15) is 0 Å². The number of carbonyl (C=O) groups is 1. The average Bonchev–Trinajstić information content (AvgIpc) is 3.18. The Balaban J connectivity index is 1.59. The molecule has 0 saturated carbocycles. The van der Waals surface area contributed by atoms with E-state index in [-0.39, 0.29) is 12.1 Å². The molecule has 0 spiro atoms. The predicted octanol–water partition coefficient (Wildman–Crippen LogP) is 3.62. The molecule has 1 heterocycles. The fourth-order valence-electron chi connectivity index (χ4n) is 3.08. The summed E-state index contributed by atoms with van der Waals surface area (Å²) in [5.74, 6) is 0. The predicted molar refractivity (Wildman–Crippen MR) is 99.4 cm³/mol. The van der Waals surface area contributed by atoms with Crippen molar-refractivity contribution in [3.63, 3.8) is 0 Å². The first-order chi connectivity index (χ1) is 12.3. The molecule has 0 radical (unpaired) electrons. The van der Waals surface area contributed by atoms with E-state index in [9.17, 15) is 4.79 Å². The Bertz CT molecular complexity index is 639. The molecule has 0 aliphatic carbocycles. The standard InChI is InChI=1S/C21H26N2O2/c24-21(22-16-20-12-7-15-25-20)23(17-19-10-5-2-6-11-19)14-13-18-8-3-1-4-9-18/h1-6,8-11,20H,7,12-17H2,(H,22,24)/t20-/m0/s1. The van der Waals surface area contributed by atoms with Gasteiger partial charge in [0.15, 0.2) is 0 Å². The van der Waals surface area contributed by atoms with Gasteiger partial charge in [0.25, 0.3) is 0 Å². The zero-order valence-electron chi connectivity index (χ0n) is 14.6. The van der Waals surface area contributed by atoms with Crippen LogP contribution in [-0.2, 0) is 17.7 Å². The molecule has 2 aromatic rings. The number of benzene rings is 2. The van der Waals surface area contributed by atoms with E-state index >= 15 is 0 Å². The minimum Gasteiger partial charge on any atom is -0.376 e. The summed E-state index contributed by atoms with van der Waals surface area (Å²) in [6, 6.07) is 20.4. The number of rotatable bonds is 7. The molecule has 0 aromatic heterocycles. The van der Waals surface area contributed by atoms with Crippen LogP contribution >= 0.6 is 0 Å². The lowest BCUT2D eigenvalue weighted by atomic mass is 10.1. The van der Waals surface area contributed by atoms with Crippen molar-refractivity contribution in [2.45, 2.75) is 31.9 Å². The summed E-state index contributed by atoms with van der Waals surface area (Å²) in [7, 11) is 0. The Hall–Kier alpha value is -2.33. The van der Waals surface area contributed by atoms with Crippen molar-refractivity contribution < 1.29 is 9.53 Å². The lowest BCUT2D eigenvalue weighted by Gasteiger charge is -2.24. The number of urea groups is 1. The maximum Gasteiger partial charge on any atom is 0.317 e. The summed E-state index contributed by atoms with van der Waals surface area (Å²) in [6.45, 7) is 2.71. The van der Waals surface area contributed by atoms with Crippen LogP contribution in [0, 0.1) is 0 Å². The van der Waals surface area contributed by atoms with E-state index in [1.807, 2.05) is 41.3 Å². The summed E-state index contributed by atoms with van der Waals surface area (Å²) in [4.78, 5) is 14.6. The summed E-state index contributed by atoms with van der Waals surface area (Å²) < 4.78 is 5.60. The first kappa shape index (κ1) is 17.5. The van der Waals surface area contributed by atoms with E-state index in [0.717, 1.165) is 31.4 Å². The van der Waals surface area contributed by atoms with Crippen molar-refractivity contribution in [2.24, 2.45) is 0 Å². The molecule has 0 unspecified atom stereocenters. The molecule has 0 bridgehead atoms. The number of amides is 2. The molecule has 1 fully saturated rings. The molecule has 25 heavy (non-hydrogen) atoms. The van der Waals surface area contributed by atoms with Crippen molar-refractivity contribution in [2.75, 3.05) is 19.7 Å². The highest BCUT2D eigenvalue weighted by molar-refractivity contribution is 5.74. The van der Waals surface area contributed by atoms with E-state index in [1.165, 1.54) is 5.56 Å². The van der Waals surface area contributed by atoms with Crippen LogP contribution in [0.15, 0.2) is 60.7 Å². The Kier molecular flexibility index (Phi) is 6.46. The minimum absolute atomic E-state index is 0.0183. The van der Waals surface area contributed by atoms with Gasteiger partial charge in [0, 0.05) is 26.2 Å². The van der Waals surface area contributed by atoms with Gasteiger partial charge < -0.3 is 15.0 Å². The van der Waals surface area contributed by atoms with Gasteiger partial charge in [-0.05, 0) is 30.4 Å². The van der Waals surface area contributed by atoms with Crippen LogP contribution < -0.4 is 5.32 Å². The van der Waals surface area contributed by atoms with Gasteiger partial charge in [0.05, 0.1) is 6.10 Å². The molecular formula is C21H26N2O2. The van der Waals surface area contributed by atoms with Gasteiger partial charge in [-0.15, -0.1) is 0 Å². The molecule has 132 valence electrons. The SMILES string of the molecule is O=C(NC[C@@H]1CCCO1)N(CCc1ccccc1)Cc1ccccc1. The second kappa shape index (κ2) is 9.23. The average molecular weight is 338 g/mol. The molecule has 1 atom stereocenters. The minimum atomic E-state index is -0.0183. The number of carbonyl (C=O) groups excluding carboxylic acids is 1. The lowest BCUT2D eigenvalue weighted by molar-refractivity contribution is 0.108. The smallest absolute Gasteiger partial charge is 0.317 e. The highest BCUT2D eigenvalue weighted by Crippen LogP contribution is 2.11. The number of hydrogen-bond acceptors (Lipinski definition) is 2. The van der Waals surface area contributed by atoms with Crippen LogP contribution in [0.4, 0.5) is 4.79 Å². The van der Waals surface area contributed by atoms with Crippen LogP contribution in [-0.4, -0.2) is 36.7 Å². The molecule has 1 aliphatic heterocycles. The van der Waals surface area contributed by atoms with Crippen LogP contribution in [0.3, 0.4) is 0 Å². The van der Waals surface area contributed by atoms with Crippen molar-refractivity contribution in [1.82, 2.24) is 10.2 Å². The van der Waals surface area contributed by atoms with Gasteiger partial charge in [0.1, 0.15) is 0 Å². The Labute approximate surface area is 149 Å². The van der Waals surface area contributed by atoms with Crippen molar-refractivity contribution >= 4 is 6.03 Å². The van der Waals surface area contributed by atoms with Gasteiger partial charge >= 0.3 is 6.03 Å². The monoisotopic (exact) mass is 338 g/mol. The zero-order valence-corrected chi connectivity index (χ0v) is 14.6. The third-order valence-electron chi connectivity index (χ3n) is 4.52. The third-order valence-corrected chi connectivity index (χ3v) is 4.52. The largest absolute Gasteiger partial charge is 0.376 e. The normalized spacial score (nSPS) is 16.6. The first-order valence-corrected chi connectivity index (χ1v) is 9.03. The van der Waals surface area contributed by atoms with Crippen molar-refractivity contribution in [1.29, 1.82) is 0 Å². The van der Waals surface area contributed by atoms with Crippen LogP contribution in [0.5, 0.6) is 0 Å². The van der Waals surface area contributed by atoms with Crippen molar-refractivity contribution in [3.05, 3.63) is 71.8 Å². The lowest BCUT2D eigenvalue weighted by Crippen LogP contribution is -2.43. The summed E-state index contributed by atoms with van der Waals surface area (Å²) in [5.41, 5.74) is 2.38. The van der Waals surface area contributed by atoms with Crippen LogP contribution in [0.2, 0.25) is 0 Å². The van der Waals surface area contributed by atoms with Gasteiger partial charge in [-0.3, -0.25) is 0 Å². The quantitative estimate of drug-likeness (QED) is 0.838. The number of hydrogen-bond donors (Lipinski definition) is 1. The highest BCUT2D eigenvalue weighted by atomic mass is 16.5. The van der Waals surface area contributed by atoms with E-state index < -0.39 is 0 Å². The third kappa shape index (κ3) is 5.61. The topological polar surface area (TPSA) is 41.6 Å². The molecular weight excluding hydrogens is 312 g/mol.